The summed E-state index contributed by atoms with van der Waals surface area (Å²) in [6.45, 7) is 0. The molecule has 0 aliphatic rings. The summed E-state index contributed by atoms with van der Waals surface area (Å²) in [5, 5.41) is 0. The summed E-state index contributed by atoms with van der Waals surface area (Å²) in [4.78, 5) is 20.0. The van der Waals surface area contributed by atoms with E-state index in [-0.39, 0.29) is 0 Å². The van der Waals surface area contributed by atoms with Crippen molar-refractivity contribution in [3.8, 4) is 0 Å². The van der Waals surface area contributed by atoms with Gasteiger partial charge in [0.1, 0.15) is 12.6 Å². The zero-order chi connectivity index (χ0) is 11.9. The van der Waals surface area contributed by atoms with Gasteiger partial charge in [-0.1, -0.05) is 37.1 Å². The third kappa shape index (κ3) is 12.8. The van der Waals surface area contributed by atoms with Gasteiger partial charge in [-0.25, -0.2) is 0 Å². The van der Waals surface area contributed by atoms with Crippen molar-refractivity contribution in [2.75, 3.05) is 0 Å². The van der Waals surface area contributed by atoms with Crippen LogP contribution in [0, 0.1) is 0 Å². The predicted octanol–water partition coefficient (Wildman–Crippen LogP) is 3.62. The van der Waals surface area contributed by atoms with Gasteiger partial charge in [-0.15, -0.1) is 0 Å². The van der Waals surface area contributed by atoms with E-state index >= 15 is 0 Å². The fourth-order valence-corrected chi connectivity index (χ4v) is 1.42. The summed E-state index contributed by atoms with van der Waals surface area (Å²) < 4.78 is 0. The molecule has 0 spiro atoms. The normalized spacial score (nSPS) is 11.2. The second-order valence-electron chi connectivity index (χ2n) is 3.74. The standard InChI is InChI=1S/C14H22O2/c15-13-11-9-7-5-3-1-2-4-6-8-10-12-14-16/h7-10,13-14H,1-6,11-12H2. The first-order chi connectivity index (χ1) is 7.91. The summed E-state index contributed by atoms with van der Waals surface area (Å²) >= 11 is 0. The van der Waals surface area contributed by atoms with Gasteiger partial charge in [0, 0.05) is 12.8 Å². The van der Waals surface area contributed by atoms with Crippen molar-refractivity contribution in [1.29, 1.82) is 0 Å². The Morgan fingerprint density at radius 1 is 0.562 bits per heavy atom. The molecule has 0 aromatic carbocycles. The van der Waals surface area contributed by atoms with Crippen molar-refractivity contribution >= 4 is 12.6 Å². The van der Waals surface area contributed by atoms with Gasteiger partial charge in [0.2, 0.25) is 0 Å². The lowest BCUT2D eigenvalue weighted by atomic mass is 10.1. The highest BCUT2D eigenvalue weighted by Crippen LogP contribution is 2.06. The van der Waals surface area contributed by atoms with Crippen LogP contribution >= 0.6 is 0 Å². The smallest absolute Gasteiger partial charge is 0.123 e. The average molecular weight is 222 g/mol. The molecule has 0 aromatic heterocycles. The van der Waals surface area contributed by atoms with Crippen LogP contribution in [0.1, 0.15) is 51.4 Å². The quantitative estimate of drug-likeness (QED) is 0.304. The minimum atomic E-state index is 0.543. The summed E-state index contributed by atoms with van der Waals surface area (Å²) in [5.41, 5.74) is 0. The Bertz CT molecular complexity index is 193. The minimum Gasteiger partial charge on any atom is -0.303 e. The molecule has 0 heterocycles. The van der Waals surface area contributed by atoms with Crippen LogP contribution in [0.5, 0.6) is 0 Å². The molecule has 0 aromatic rings. The topological polar surface area (TPSA) is 34.1 Å². The van der Waals surface area contributed by atoms with E-state index in [1.807, 2.05) is 12.2 Å². The van der Waals surface area contributed by atoms with Crippen LogP contribution in [-0.2, 0) is 9.59 Å². The highest BCUT2D eigenvalue weighted by molar-refractivity contribution is 5.52. The SMILES string of the molecule is O=CCC=CCCCCCCC=CCC=O. The Balaban J connectivity index is 3.09. The van der Waals surface area contributed by atoms with E-state index in [9.17, 15) is 9.59 Å². The first-order valence-corrected chi connectivity index (χ1v) is 6.09. The molecule has 0 fully saturated rings. The maximum atomic E-state index is 10.0. The van der Waals surface area contributed by atoms with E-state index in [1.165, 1.54) is 25.7 Å². The number of aldehydes is 2. The number of carbonyl (C=O) groups excluding carboxylic acids is 2. The fraction of sp³-hybridized carbons (Fsp3) is 0.571. The second kappa shape index (κ2) is 13.8. The molecule has 0 atom stereocenters. The van der Waals surface area contributed by atoms with Gasteiger partial charge in [-0.05, 0) is 25.7 Å². The van der Waals surface area contributed by atoms with Crippen LogP contribution in [0.2, 0.25) is 0 Å². The molecule has 0 aliphatic heterocycles. The van der Waals surface area contributed by atoms with Gasteiger partial charge >= 0.3 is 0 Å². The van der Waals surface area contributed by atoms with E-state index in [0.717, 1.165) is 25.4 Å². The second-order valence-corrected chi connectivity index (χ2v) is 3.74. The Morgan fingerprint density at radius 3 is 1.38 bits per heavy atom. The van der Waals surface area contributed by atoms with Gasteiger partial charge in [0.15, 0.2) is 0 Å². The van der Waals surface area contributed by atoms with Crippen molar-refractivity contribution in [2.24, 2.45) is 0 Å². The Labute approximate surface area is 98.4 Å². The monoisotopic (exact) mass is 222 g/mol. The molecular formula is C14H22O2. The van der Waals surface area contributed by atoms with Crippen molar-refractivity contribution in [2.45, 2.75) is 51.4 Å². The van der Waals surface area contributed by atoms with Crippen LogP contribution < -0.4 is 0 Å². The lowest BCUT2D eigenvalue weighted by Gasteiger charge is -1.96. The fourth-order valence-electron chi connectivity index (χ4n) is 1.42. The van der Waals surface area contributed by atoms with E-state index in [0.29, 0.717) is 12.8 Å². The van der Waals surface area contributed by atoms with E-state index in [2.05, 4.69) is 12.2 Å². The maximum Gasteiger partial charge on any atom is 0.123 e. The molecule has 0 unspecified atom stereocenters. The number of carbonyl (C=O) groups is 2. The number of hydrogen-bond donors (Lipinski definition) is 0. The van der Waals surface area contributed by atoms with Gasteiger partial charge in [0.25, 0.3) is 0 Å². The van der Waals surface area contributed by atoms with Crippen molar-refractivity contribution in [1.82, 2.24) is 0 Å². The highest BCUT2D eigenvalue weighted by Gasteiger charge is 1.87. The first-order valence-electron chi connectivity index (χ1n) is 6.09. The molecule has 0 N–H and O–H groups in total. The van der Waals surface area contributed by atoms with Gasteiger partial charge in [0.05, 0.1) is 0 Å². The minimum absolute atomic E-state index is 0.543. The Kier molecular flexibility index (Phi) is 12.8. The number of allylic oxidation sites excluding steroid dienone is 4. The molecule has 2 heteroatoms. The van der Waals surface area contributed by atoms with Crippen LogP contribution in [0.3, 0.4) is 0 Å². The molecule has 0 saturated heterocycles. The Morgan fingerprint density at radius 2 is 1.00 bits per heavy atom. The predicted molar refractivity (Wildman–Crippen MR) is 67.3 cm³/mol. The van der Waals surface area contributed by atoms with Gasteiger partial charge in [-0.2, -0.15) is 0 Å². The molecule has 0 aliphatic carbocycles. The van der Waals surface area contributed by atoms with E-state index in [1.54, 1.807) is 0 Å². The van der Waals surface area contributed by atoms with E-state index in [4.69, 9.17) is 0 Å². The number of hydrogen-bond acceptors (Lipinski definition) is 2. The molecule has 0 amide bonds. The lowest BCUT2D eigenvalue weighted by molar-refractivity contribution is -0.107. The summed E-state index contributed by atoms with van der Waals surface area (Å²) in [5.74, 6) is 0. The maximum absolute atomic E-state index is 10.0. The van der Waals surface area contributed by atoms with Crippen molar-refractivity contribution in [3.05, 3.63) is 24.3 Å². The summed E-state index contributed by atoms with van der Waals surface area (Å²) in [7, 11) is 0. The molecule has 0 rings (SSSR count). The highest BCUT2D eigenvalue weighted by atomic mass is 16.1. The summed E-state index contributed by atoms with van der Waals surface area (Å²) in [6.07, 6.45) is 18.0. The van der Waals surface area contributed by atoms with Gasteiger partial charge < -0.3 is 9.59 Å². The number of unbranched alkanes of at least 4 members (excludes halogenated alkanes) is 5. The van der Waals surface area contributed by atoms with Gasteiger partial charge in [-0.3, -0.25) is 0 Å². The van der Waals surface area contributed by atoms with Crippen LogP contribution in [-0.4, -0.2) is 12.6 Å². The van der Waals surface area contributed by atoms with Crippen molar-refractivity contribution in [3.63, 3.8) is 0 Å². The molecule has 0 radical (unpaired) electrons. The molecule has 0 bridgehead atoms. The largest absolute Gasteiger partial charge is 0.303 e. The molecule has 2 nitrogen and oxygen atoms in total. The Hall–Kier alpha value is -1.18. The molecule has 0 saturated carbocycles. The van der Waals surface area contributed by atoms with Crippen LogP contribution in [0.4, 0.5) is 0 Å². The first kappa shape index (κ1) is 14.8. The zero-order valence-corrected chi connectivity index (χ0v) is 9.94. The lowest BCUT2D eigenvalue weighted by Crippen LogP contribution is -1.77. The van der Waals surface area contributed by atoms with Crippen LogP contribution in [0.15, 0.2) is 24.3 Å². The third-order valence-electron chi connectivity index (χ3n) is 2.29. The molecular weight excluding hydrogens is 200 g/mol. The van der Waals surface area contributed by atoms with Crippen LogP contribution in [0.25, 0.3) is 0 Å². The van der Waals surface area contributed by atoms with Crippen molar-refractivity contribution < 1.29 is 9.59 Å². The third-order valence-corrected chi connectivity index (χ3v) is 2.29. The van der Waals surface area contributed by atoms with E-state index < -0.39 is 0 Å². The number of rotatable bonds is 11. The molecule has 16 heavy (non-hydrogen) atoms. The summed E-state index contributed by atoms with van der Waals surface area (Å²) in [6, 6.07) is 0. The molecule has 90 valence electrons. The average Bonchev–Trinajstić information content (AvgIpc) is 2.31. The zero-order valence-electron chi connectivity index (χ0n) is 9.94.